The zero-order valence-corrected chi connectivity index (χ0v) is 22.5. The van der Waals surface area contributed by atoms with Crippen LogP contribution in [0.3, 0.4) is 0 Å². The number of thiophene rings is 1. The average Bonchev–Trinajstić information content (AvgIpc) is 3.11. The molecule has 1 fully saturated rings. The van der Waals surface area contributed by atoms with Gasteiger partial charge in [-0.2, -0.15) is 13.2 Å². The number of hydrogen-bond acceptors (Lipinski definition) is 7. The second kappa shape index (κ2) is 11.1. The molecule has 0 unspecified atom stereocenters. The van der Waals surface area contributed by atoms with Crippen molar-refractivity contribution in [2.45, 2.75) is 51.6 Å². The van der Waals surface area contributed by atoms with Crippen LogP contribution in [0.2, 0.25) is 5.02 Å². The smallest absolute Gasteiger partial charge is 0.406 e. The summed E-state index contributed by atoms with van der Waals surface area (Å²) in [5.41, 5.74) is 0.978. The molecule has 1 atom stereocenters. The van der Waals surface area contributed by atoms with E-state index in [1.807, 2.05) is 13.0 Å². The molecule has 4 aromatic rings. The highest BCUT2D eigenvalue weighted by atomic mass is 35.5. The Hall–Kier alpha value is -3.22. The molecule has 0 bridgehead atoms. The Morgan fingerprint density at radius 1 is 1.18 bits per heavy atom. The number of benzene rings is 1. The maximum absolute atomic E-state index is 12.9. The predicted molar refractivity (Wildman–Crippen MR) is 144 cm³/mol. The van der Waals surface area contributed by atoms with E-state index in [4.69, 9.17) is 16.3 Å². The van der Waals surface area contributed by atoms with Crippen molar-refractivity contribution in [1.29, 1.82) is 0 Å². The first kappa shape index (κ1) is 27.4. The minimum Gasteiger partial charge on any atom is -0.489 e. The van der Waals surface area contributed by atoms with Crippen molar-refractivity contribution in [3.05, 3.63) is 73.1 Å². The highest BCUT2D eigenvalue weighted by Crippen LogP contribution is 2.41. The van der Waals surface area contributed by atoms with Gasteiger partial charge >= 0.3 is 11.9 Å². The van der Waals surface area contributed by atoms with Crippen molar-refractivity contribution in [3.63, 3.8) is 0 Å². The van der Waals surface area contributed by atoms with Gasteiger partial charge in [-0.05, 0) is 63.0 Å². The van der Waals surface area contributed by atoms with E-state index in [1.165, 1.54) is 17.7 Å². The maximum Gasteiger partial charge on any atom is 0.406 e. The van der Waals surface area contributed by atoms with Crippen LogP contribution in [0.5, 0.6) is 5.75 Å². The Balaban J connectivity index is 1.54. The third kappa shape index (κ3) is 6.18. The number of rotatable bonds is 6. The van der Waals surface area contributed by atoms with Gasteiger partial charge in [0.1, 0.15) is 24.7 Å². The van der Waals surface area contributed by atoms with Gasteiger partial charge in [-0.1, -0.05) is 11.6 Å². The van der Waals surface area contributed by atoms with Gasteiger partial charge in [0, 0.05) is 27.7 Å². The Kier molecular flexibility index (Phi) is 7.79. The summed E-state index contributed by atoms with van der Waals surface area (Å²) >= 11 is 7.70. The lowest BCUT2D eigenvalue weighted by atomic mass is 10.0. The topological polar surface area (TPSA) is 91.0 Å². The maximum atomic E-state index is 12.9. The van der Waals surface area contributed by atoms with Crippen LogP contribution >= 0.6 is 22.9 Å². The van der Waals surface area contributed by atoms with Crippen LogP contribution in [-0.4, -0.2) is 44.5 Å². The molecular weight excluding hydrogens is 555 g/mol. The number of nitrogens with one attached hydrogen (secondary N) is 1. The third-order valence-corrected chi connectivity index (χ3v) is 7.80. The zero-order valence-electron chi connectivity index (χ0n) is 20.9. The molecule has 1 aliphatic rings. The predicted octanol–water partition coefficient (Wildman–Crippen LogP) is 4.78. The summed E-state index contributed by atoms with van der Waals surface area (Å²) in [5.74, 6) is 0.676. The molecule has 1 N–H and O–H groups in total. The molecule has 39 heavy (non-hydrogen) atoms. The first-order chi connectivity index (χ1) is 18.6. The molecule has 206 valence electrons. The summed E-state index contributed by atoms with van der Waals surface area (Å²) < 4.78 is 47.1. The molecule has 0 spiro atoms. The minimum absolute atomic E-state index is 0.0266. The van der Waals surface area contributed by atoms with Crippen molar-refractivity contribution >= 4 is 33.2 Å². The van der Waals surface area contributed by atoms with Crippen LogP contribution < -0.4 is 21.3 Å². The molecule has 1 aromatic carbocycles. The van der Waals surface area contributed by atoms with Crippen LogP contribution in [0, 0.1) is 6.92 Å². The summed E-state index contributed by atoms with van der Waals surface area (Å²) in [6.07, 6.45) is 0.471. The highest BCUT2D eigenvalue weighted by molar-refractivity contribution is 7.19. The third-order valence-electron chi connectivity index (χ3n) is 6.47. The van der Waals surface area contributed by atoms with E-state index in [9.17, 15) is 22.8 Å². The molecule has 3 aromatic heterocycles. The summed E-state index contributed by atoms with van der Waals surface area (Å²) in [4.78, 5) is 34.5. The van der Waals surface area contributed by atoms with Gasteiger partial charge in [-0.3, -0.25) is 13.9 Å². The normalized spacial score (nSPS) is 16.4. The molecule has 1 saturated heterocycles. The number of hydrogen-bond donors (Lipinski definition) is 1. The van der Waals surface area contributed by atoms with Crippen molar-refractivity contribution < 1.29 is 17.9 Å². The van der Waals surface area contributed by atoms with Gasteiger partial charge in [0.15, 0.2) is 0 Å². The van der Waals surface area contributed by atoms with Crippen molar-refractivity contribution in [2.24, 2.45) is 0 Å². The fraction of sp³-hybridized carbons (Fsp3) is 0.385. The van der Waals surface area contributed by atoms with E-state index in [2.05, 4.69) is 15.3 Å². The number of ether oxygens (including phenoxy) is 1. The SMILES string of the molecule is Cc1cc(Cl)cc(-c2ncnc3cc(Cn4c(=O)ccn(CC(F)(F)F)c4=O)sc23)c1O[C@H]1CCCNCC1. The Bertz CT molecular complexity index is 1620. The Morgan fingerprint density at radius 2 is 2.00 bits per heavy atom. The van der Waals surface area contributed by atoms with Gasteiger partial charge in [-0.25, -0.2) is 14.8 Å². The lowest BCUT2D eigenvalue weighted by Gasteiger charge is -2.21. The molecule has 5 rings (SSSR count). The van der Waals surface area contributed by atoms with E-state index in [0.29, 0.717) is 41.7 Å². The van der Waals surface area contributed by atoms with Gasteiger partial charge in [0.25, 0.3) is 5.56 Å². The van der Waals surface area contributed by atoms with Crippen LogP contribution in [0.25, 0.3) is 21.5 Å². The highest BCUT2D eigenvalue weighted by Gasteiger charge is 2.29. The van der Waals surface area contributed by atoms with Crippen LogP contribution in [0.1, 0.15) is 29.7 Å². The molecule has 0 aliphatic carbocycles. The van der Waals surface area contributed by atoms with Gasteiger partial charge in [0.2, 0.25) is 0 Å². The summed E-state index contributed by atoms with van der Waals surface area (Å²) in [6, 6.07) is 6.28. The molecule has 4 heterocycles. The molecule has 0 amide bonds. The second-order valence-electron chi connectivity index (χ2n) is 9.44. The monoisotopic (exact) mass is 579 g/mol. The first-order valence-electron chi connectivity index (χ1n) is 12.4. The second-order valence-corrected chi connectivity index (χ2v) is 11.0. The van der Waals surface area contributed by atoms with E-state index >= 15 is 0 Å². The molecule has 8 nitrogen and oxygen atoms in total. The fourth-order valence-corrected chi connectivity index (χ4v) is 6.05. The molecule has 0 radical (unpaired) electrons. The summed E-state index contributed by atoms with van der Waals surface area (Å²) in [7, 11) is 0. The van der Waals surface area contributed by atoms with Gasteiger partial charge < -0.3 is 10.1 Å². The van der Waals surface area contributed by atoms with E-state index in [1.54, 1.807) is 12.1 Å². The van der Waals surface area contributed by atoms with Gasteiger partial charge in [-0.15, -0.1) is 11.3 Å². The number of fused-ring (bicyclic) bond motifs is 1. The average molecular weight is 580 g/mol. The van der Waals surface area contributed by atoms with Crippen molar-refractivity contribution in [1.82, 2.24) is 24.4 Å². The number of alkyl halides is 3. The lowest BCUT2D eigenvalue weighted by molar-refractivity contribution is -0.141. The first-order valence-corrected chi connectivity index (χ1v) is 13.6. The molecule has 0 saturated carbocycles. The van der Waals surface area contributed by atoms with E-state index in [-0.39, 0.29) is 12.6 Å². The molecule has 13 heteroatoms. The number of aryl methyl sites for hydroxylation is 1. The van der Waals surface area contributed by atoms with E-state index < -0.39 is 24.0 Å². The van der Waals surface area contributed by atoms with Crippen LogP contribution in [-0.2, 0) is 13.1 Å². The summed E-state index contributed by atoms with van der Waals surface area (Å²) in [6.45, 7) is 2.04. The quantitative estimate of drug-likeness (QED) is 0.354. The van der Waals surface area contributed by atoms with Crippen molar-refractivity contribution in [2.75, 3.05) is 13.1 Å². The molecule has 1 aliphatic heterocycles. The van der Waals surface area contributed by atoms with Crippen molar-refractivity contribution in [3.8, 4) is 17.0 Å². The fourth-order valence-electron chi connectivity index (χ4n) is 4.68. The Morgan fingerprint density at radius 3 is 2.79 bits per heavy atom. The van der Waals surface area contributed by atoms with E-state index in [0.717, 1.165) is 54.7 Å². The van der Waals surface area contributed by atoms with Crippen LogP contribution in [0.4, 0.5) is 13.2 Å². The van der Waals surface area contributed by atoms with Crippen LogP contribution in [0.15, 0.2) is 46.4 Å². The standard InChI is InChI=1S/C26H25ClF3N5O3S/c1-15-9-16(27)10-19(23(15)38-17-3-2-6-31-7-4-17)22-24-20(32-14-33-22)11-18(39-24)12-35-21(36)5-8-34(25(35)37)13-26(28,29)30/h5,8-11,14,17,31H,2-4,6-7,12-13H2,1H3/t17-/m0/s1. The summed E-state index contributed by atoms with van der Waals surface area (Å²) in [5, 5.41) is 3.89. The number of aromatic nitrogens is 4. The van der Waals surface area contributed by atoms with Gasteiger partial charge in [0.05, 0.1) is 22.5 Å². The lowest BCUT2D eigenvalue weighted by Crippen LogP contribution is -2.41. The number of halogens is 4. The number of nitrogens with zero attached hydrogens (tertiary/aromatic N) is 4. The largest absolute Gasteiger partial charge is 0.489 e. The zero-order chi connectivity index (χ0) is 27.7. The molecular formula is C26H25ClF3N5O3S. The minimum atomic E-state index is -4.60. The Labute approximate surface area is 230 Å².